The smallest absolute Gasteiger partial charge is 0.374 e. The van der Waals surface area contributed by atoms with Gasteiger partial charge in [0, 0.05) is 5.92 Å². The molecule has 3 nitrogen and oxygen atoms in total. The second kappa shape index (κ2) is 4.56. The molecule has 0 bridgehead atoms. The lowest BCUT2D eigenvalue weighted by atomic mass is 9.99. The number of aromatic nitrogens is 2. The summed E-state index contributed by atoms with van der Waals surface area (Å²) in [5.74, 6) is -0.262. The Morgan fingerprint density at radius 2 is 2.00 bits per heavy atom. The van der Waals surface area contributed by atoms with Crippen molar-refractivity contribution in [3.05, 3.63) is 40.4 Å². The van der Waals surface area contributed by atoms with Crippen molar-refractivity contribution in [1.29, 1.82) is 0 Å². The Morgan fingerprint density at radius 1 is 1.28 bits per heavy atom. The van der Waals surface area contributed by atoms with E-state index in [2.05, 4.69) is 10.2 Å². The van der Waals surface area contributed by atoms with Gasteiger partial charge in [0.2, 0.25) is 5.13 Å². The fourth-order valence-corrected chi connectivity index (χ4v) is 2.24. The number of hydrogen-bond acceptors (Lipinski definition) is 4. The second-order valence-corrected chi connectivity index (χ2v) is 4.86. The first kappa shape index (κ1) is 12.8. The summed E-state index contributed by atoms with van der Waals surface area (Å²) in [5, 5.41) is 8.42. The molecule has 7 heteroatoms. The first-order chi connectivity index (χ1) is 8.38. The van der Waals surface area contributed by atoms with Crippen LogP contribution >= 0.6 is 11.3 Å². The average Bonchev–Trinajstić information content (AvgIpc) is 2.74. The first-order valence-corrected chi connectivity index (χ1v) is 5.95. The van der Waals surface area contributed by atoms with Crippen molar-refractivity contribution in [3.8, 4) is 0 Å². The molecule has 96 valence electrons. The number of nitrogen functional groups attached to an aromatic ring is 1. The molecule has 0 fully saturated rings. The Kier molecular flexibility index (Phi) is 3.25. The van der Waals surface area contributed by atoms with E-state index in [9.17, 15) is 13.2 Å². The molecule has 0 aliphatic rings. The molecule has 2 rings (SSSR count). The molecule has 1 aromatic heterocycles. The summed E-state index contributed by atoms with van der Waals surface area (Å²) in [6, 6.07) is 5.20. The minimum Gasteiger partial charge on any atom is -0.374 e. The van der Waals surface area contributed by atoms with Crippen molar-refractivity contribution in [3.63, 3.8) is 0 Å². The van der Waals surface area contributed by atoms with Crippen molar-refractivity contribution in [2.24, 2.45) is 0 Å². The summed E-state index contributed by atoms with van der Waals surface area (Å²) in [5.41, 5.74) is 5.34. The second-order valence-electron chi connectivity index (χ2n) is 3.82. The van der Waals surface area contributed by atoms with E-state index < -0.39 is 11.7 Å². The van der Waals surface area contributed by atoms with E-state index in [4.69, 9.17) is 5.73 Å². The van der Waals surface area contributed by atoms with Crippen LogP contribution in [0.25, 0.3) is 0 Å². The Bertz CT molecular complexity index is 550. The molecule has 0 saturated carbocycles. The van der Waals surface area contributed by atoms with Crippen LogP contribution in [-0.4, -0.2) is 10.2 Å². The molecule has 0 amide bonds. The molecule has 2 N–H and O–H groups in total. The number of rotatable bonds is 2. The molecular formula is C11H10F3N3S. The van der Waals surface area contributed by atoms with Gasteiger partial charge >= 0.3 is 6.18 Å². The SMILES string of the molecule is CC(c1cccc(C(F)(F)F)c1)c1nnc(N)s1. The third kappa shape index (κ3) is 2.61. The highest BCUT2D eigenvalue weighted by molar-refractivity contribution is 7.15. The molecule has 2 aromatic rings. The molecule has 0 aliphatic carbocycles. The number of hydrogen-bond donors (Lipinski definition) is 1. The number of nitrogens with two attached hydrogens (primary N) is 1. The molecule has 0 radical (unpaired) electrons. The van der Waals surface area contributed by atoms with Gasteiger partial charge in [0.05, 0.1) is 5.56 Å². The standard InChI is InChI=1S/C11H10F3N3S/c1-6(9-16-17-10(15)18-9)7-3-2-4-8(5-7)11(12,13)14/h2-6H,1H3,(H2,15,17). The van der Waals surface area contributed by atoms with Crippen molar-refractivity contribution in [1.82, 2.24) is 10.2 Å². The average molecular weight is 273 g/mol. The summed E-state index contributed by atoms with van der Waals surface area (Å²) in [4.78, 5) is 0. The van der Waals surface area contributed by atoms with Crippen LogP contribution in [0.4, 0.5) is 18.3 Å². The van der Waals surface area contributed by atoms with Crippen LogP contribution in [0.2, 0.25) is 0 Å². The third-order valence-corrected chi connectivity index (χ3v) is 3.48. The zero-order valence-electron chi connectivity index (χ0n) is 9.40. The fraction of sp³-hybridized carbons (Fsp3) is 0.273. The lowest BCUT2D eigenvalue weighted by Gasteiger charge is -2.11. The Hall–Kier alpha value is -1.63. The lowest BCUT2D eigenvalue weighted by Crippen LogP contribution is -2.06. The van der Waals surface area contributed by atoms with Crippen LogP contribution < -0.4 is 5.73 Å². The van der Waals surface area contributed by atoms with Gasteiger partial charge in [-0.2, -0.15) is 13.2 Å². The molecule has 1 heterocycles. The zero-order valence-corrected chi connectivity index (χ0v) is 10.2. The molecule has 18 heavy (non-hydrogen) atoms. The maximum atomic E-state index is 12.6. The lowest BCUT2D eigenvalue weighted by molar-refractivity contribution is -0.137. The van der Waals surface area contributed by atoms with E-state index in [-0.39, 0.29) is 5.92 Å². The molecular weight excluding hydrogens is 263 g/mol. The summed E-state index contributed by atoms with van der Waals surface area (Å²) in [6.07, 6.45) is -4.34. The number of nitrogens with zero attached hydrogens (tertiary/aromatic N) is 2. The molecule has 0 saturated heterocycles. The largest absolute Gasteiger partial charge is 0.416 e. The number of benzene rings is 1. The van der Waals surface area contributed by atoms with Crippen LogP contribution in [0.3, 0.4) is 0 Å². The number of anilines is 1. The van der Waals surface area contributed by atoms with E-state index in [0.29, 0.717) is 15.7 Å². The predicted octanol–water partition coefficient (Wildman–Crippen LogP) is 3.29. The minimum absolute atomic E-state index is 0.262. The third-order valence-electron chi connectivity index (χ3n) is 2.54. The van der Waals surface area contributed by atoms with Crippen molar-refractivity contribution < 1.29 is 13.2 Å². The van der Waals surface area contributed by atoms with Crippen molar-refractivity contribution in [2.45, 2.75) is 19.0 Å². The highest BCUT2D eigenvalue weighted by Gasteiger charge is 2.31. The normalized spacial score (nSPS) is 13.6. The van der Waals surface area contributed by atoms with Gasteiger partial charge in [0.15, 0.2) is 0 Å². The highest BCUT2D eigenvalue weighted by atomic mass is 32.1. The number of alkyl halides is 3. The molecule has 1 atom stereocenters. The van der Waals surface area contributed by atoms with E-state index in [1.807, 2.05) is 0 Å². The van der Waals surface area contributed by atoms with Crippen LogP contribution in [-0.2, 0) is 6.18 Å². The summed E-state index contributed by atoms with van der Waals surface area (Å²) >= 11 is 1.18. The van der Waals surface area contributed by atoms with Crippen LogP contribution in [0.1, 0.15) is 29.0 Å². The van der Waals surface area contributed by atoms with Crippen LogP contribution in [0.5, 0.6) is 0 Å². The monoisotopic (exact) mass is 273 g/mol. The van der Waals surface area contributed by atoms with Gasteiger partial charge in [-0.1, -0.05) is 36.5 Å². The van der Waals surface area contributed by atoms with Gasteiger partial charge in [0.1, 0.15) is 5.01 Å². The first-order valence-electron chi connectivity index (χ1n) is 5.14. The maximum Gasteiger partial charge on any atom is 0.416 e. The van der Waals surface area contributed by atoms with Crippen LogP contribution in [0.15, 0.2) is 24.3 Å². The van der Waals surface area contributed by atoms with Crippen LogP contribution in [0, 0.1) is 0 Å². The van der Waals surface area contributed by atoms with Gasteiger partial charge in [0.25, 0.3) is 0 Å². The van der Waals surface area contributed by atoms with Gasteiger partial charge in [-0.25, -0.2) is 0 Å². The van der Waals surface area contributed by atoms with E-state index in [0.717, 1.165) is 12.1 Å². The predicted molar refractivity (Wildman–Crippen MR) is 63.3 cm³/mol. The highest BCUT2D eigenvalue weighted by Crippen LogP contribution is 2.33. The quantitative estimate of drug-likeness (QED) is 0.913. The van der Waals surface area contributed by atoms with Crippen molar-refractivity contribution in [2.75, 3.05) is 5.73 Å². The fourth-order valence-electron chi connectivity index (χ4n) is 1.55. The zero-order chi connectivity index (χ0) is 13.3. The summed E-state index contributed by atoms with van der Waals surface area (Å²) < 4.78 is 37.8. The van der Waals surface area contributed by atoms with Gasteiger partial charge in [-0.15, -0.1) is 10.2 Å². The van der Waals surface area contributed by atoms with Gasteiger partial charge in [-0.3, -0.25) is 0 Å². The Balaban J connectivity index is 2.34. The van der Waals surface area contributed by atoms with Crippen molar-refractivity contribution >= 4 is 16.5 Å². The minimum atomic E-state index is -4.34. The Morgan fingerprint density at radius 3 is 2.56 bits per heavy atom. The van der Waals surface area contributed by atoms with Gasteiger partial charge in [-0.05, 0) is 11.6 Å². The Labute approximate surface area is 105 Å². The van der Waals surface area contributed by atoms with Gasteiger partial charge < -0.3 is 5.73 Å². The van der Waals surface area contributed by atoms with E-state index >= 15 is 0 Å². The summed E-state index contributed by atoms with van der Waals surface area (Å²) in [6.45, 7) is 1.77. The van der Waals surface area contributed by atoms with E-state index in [1.165, 1.54) is 17.4 Å². The molecule has 1 unspecified atom stereocenters. The summed E-state index contributed by atoms with van der Waals surface area (Å²) in [7, 11) is 0. The molecule has 0 spiro atoms. The topological polar surface area (TPSA) is 51.8 Å². The van der Waals surface area contributed by atoms with E-state index in [1.54, 1.807) is 13.0 Å². The maximum absolute atomic E-state index is 12.6. The molecule has 1 aromatic carbocycles. The molecule has 0 aliphatic heterocycles. The number of halogens is 3.